The van der Waals surface area contributed by atoms with Crippen LogP contribution < -0.4 is 5.32 Å². The molecule has 1 aliphatic rings. The molecule has 0 aliphatic heterocycles. The summed E-state index contributed by atoms with van der Waals surface area (Å²) in [6.07, 6.45) is 1.97. The Bertz CT molecular complexity index is 523. The molecule has 1 fully saturated rings. The number of thiophene rings is 1. The fourth-order valence-corrected chi connectivity index (χ4v) is 6.29. The summed E-state index contributed by atoms with van der Waals surface area (Å²) in [7, 11) is -1.50. The number of nitrogens with zero attached hydrogens (tertiary/aromatic N) is 1. The Morgan fingerprint density at radius 2 is 2.22 bits per heavy atom. The van der Waals surface area contributed by atoms with Crippen molar-refractivity contribution in [2.24, 2.45) is 0 Å². The average molecular weight is 353 g/mol. The van der Waals surface area contributed by atoms with Gasteiger partial charge in [-0.3, -0.25) is 0 Å². The Morgan fingerprint density at radius 3 is 2.72 bits per heavy atom. The smallest absolute Gasteiger partial charge is 0.245 e. The lowest BCUT2D eigenvalue weighted by Crippen LogP contribution is -2.32. The zero-order valence-electron chi connectivity index (χ0n) is 10.4. The normalized spacial score (nSPS) is 16.4. The Balaban J connectivity index is 2.33. The molecule has 7 heteroatoms. The molecule has 0 amide bonds. The molecule has 102 valence electrons. The van der Waals surface area contributed by atoms with Crippen molar-refractivity contribution in [1.82, 2.24) is 9.62 Å². The van der Waals surface area contributed by atoms with Gasteiger partial charge in [-0.15, -0.1) is 11.3 Å². The lowest BCUT2D eigenvalue weighted by atomic mass is 10.5. The van der Waals surface area contributed by atoms with E-state index in [0.29, 0.717) is 21.8 Å². The van der Waals surface area contributed by atoms with Crippen LogP contribution in [0.3, 0.4) is 0 Å². The Hall–Kier alpha value is 0.0500. The maximum Gasteiger partial charge on any atom is 0.245 e. The fraction of sp³-hybridized carbons (Fsp3) is 0.636. The number of sulfonamides is 1. The van der Waals surface area contributed by atoms with Crippen molar-refractivity contribution < 1.29 is 8.42 Å². The van der Waals surface area contributed by atoms with Crippen LogP contribution in [0.2, 0.25) is 0 Å². The largest absolute Gasteiger partial charge is 0.315 e. The molecule has 1 N–H and O–H groups in total. The van der Waals surface area contributed by atoms with Gasteiger partial charge in [-0.2, -0.15) is 4.31 Å². The minimum Gasteiger partial charge on any atom is -0.315 e. The SMILES string of the molecule is CCN(C1CC1)S(=O)(=O)c1cc(CNC)sc1Br. The molecule has 0 radical (unpaired) electrons. The van der Waals surface area contributed by atoms with Crippen molar-refractivity contribution in [1.29, 1.82) is 0 Å². The van der Waals surface area contributed by atoms with Gasteiger partial charge in [0.1, 0.15) is 4.90 Å². The molecule has 4 nitrogen and oxygen atoms in total. The van der Waals surface area contributed by atoms with Crippen LogP contribution in [0.5, 0.6) is 0 Å². The maximum atomic E-state index is 12.6. The molecular formula is C11H17BrN2O2S2. The van der Waals surface area contributed by atoms with Crippen LogP contribution in [0.4, 0.5) is 0 Å². The van der Waals surface area contributed by atoms with Gasteiger partial charge in [-0.1, -0.05) is 6.92 Å². The standard InChI is InChI=1S/C11H17BrN2O2S2/c1-3-14(8-4-5-8)18(15,16)10-6-9(7-13-2)17-11(10)12/h6,8,13H,3-5,7H2,1-2H3. The highest BCUT2D eigenvalue weighted by molar-refractivity contribution is 9.11. The Labute approximate surface area is 121 Å². The van der Waals surface area contributed by atoms with E-state index in [1.54, 1.807) is 10.4 Å². The highest BCUT2D eigenvalue weighted by atomic mass is 79.9. The van der Waals surface area contributed by atoms with E-state index in [0.717, 1.165) is 17.7 Å². The molecule has 0 atom stereocenters. The van der Waals surface area contributed by atoms with E-state index in [2.05, 4.69) is 21.2 Å². The summed E-state index contributed by atoms with van der Waals surface area (Å²) < 4.78 is 27.4. The second-order valence-corrected chi connectivity index (χ2v) is 8.63. The van der Waals surface area contributed by atoms with E-state index in [-0.39, 0.29) is 6.04 Å². The zero-order chi connectivity index (χ0) is 13.3. The number of hydrogen-bond donors (Lipinski definition) is 1. The van der Waals surface area contributed by atoms with Crippen molar-refractivity contribution in [3.63, 3.8) is 0 Å². The predicted molar refractivity (Wildman–Crippen MR) is 77.4 cm³/mol. The van der Waals surface area contributed by atoms with E-state index in [4.69, 9.17) is 0 Å². The van der Waals surface area contributed by atoms with Crippen LogP contribution in [0.1, 0.15) is 24.6 Å². The highest BCUT2D eigenvalue weighted by Crippen LogP contribution is 2.37. The Morgan fingerprint density at radius 1 is 1.56 bits per heavy atom. The van der Waals surface area contributed by atoms with E-state index in [1.807, 2.05) is 14.0 Å². The molecule has 0 bridgehead atoms. The van der Waals surface area contributed by atoms with Crippen molar-refractivity contribution >= 4 is 37.3 Å². The number of rotatable bonds is 6. The van der Waals surface area contributed by atoms with Crippen LogP contribution >= 0.6 is 27.3 Å². The minimum absolute atomic E-state index is 0.208. The lowest BCUT2D eigenvalue weighted by molar-refractivity contribution is 0.421. The summed E-state index contributed by atoms with van der Waals surface area (Å²) in [6.45, 7) is 3.12. The third kappa shape index (κ3) is 2.80. The summed E-state index contributed by atoms with van der Waals surface area (Å²) in [4.78, 5) is 1.43. The van der Waals surface area contributed by atoms with Gasteiger partial charge < -0.3 is 5.32 Å². The van der Waals surface area contributed by atoms with Crippen LogP contribution in [0.25, 0.3) is 0 Å². The number of hydrogen-bond acceptors (Lipinski definition) is 4. The molecule has 18 heavy (non-hydrogen) atoms. The van der Waals surface area contributed by atoms with Gasteiger partial charge >= 0.3 is 0 Å². The van der Waals surface area contributed by atoms with E-state index in [9.17, 15) is 8.42 Å². The average Bonchev–Trinajstić information content (AvgIpc) is 3.04. The van der Waals surface area contributed by atoms with Gasteiger partial charge in [0.25, 0.3) is 0 Å². The van der Waals surface area contributed by atoms with Crippen molar-refractivity contribution in [3.05, 3.63) is 14.7 Å². The predicted octanol–water partition coefficient (Wildman–Crippen LogP) is 2.40. The molecule has 0 aromatic carbocycles. The summed E-state index contributed by atoms with van der Waals surface area (Å²) in [6, 6.07) is 1.98. The van der Waals surface area contributed by atoms with Crippen LogP contribution in [-0.2, 0) is 16.6 Å². The number of halogens is 1. The first-order chi connectivity index (χ1) is 8.50. The van der Waals surface area contributed by atoms with Gasteiger partial charge in [0.05, 0.1) is 3.79 Å². The van der Waals surface area contributed by atoms with Gasteiger partial charge in [0.15, 0.2) is 0 Å². The molecule has 0 unspecified atom stereocenters. The molecule has 2 rings (SSSR count). The van der Waals surface area contributed by atoms with Gasteiger partial charge in [0, 0.05) is 24.0 Å². The second kappa shape index (κ2) is 5.58. The minimum atomic E-state index is -3.35. The first-order valence-corrected chi connectivity index (χ1v) is 9.00. The van der Waals surface area contributed by atoms with Gasteiger partial charge in [-0.25, -0.2) is 8.42 Å². The highest BCUT2D eigenvalue weighted by Gasteiger charge is 2.38. The van der Waals surface area contributed by atoms with Crippen LogP contribution in [0.15, 0.2) is 14.7 Å². The Kier molecular flexibility index (Phi) is 4.48. The van der Waals surface area contributed by atoms with Gasteiger partial charge in [-0.05, 0) is 41.9 Å². The molecule has 1 aromatic rings. The summed E-state index contributed by atoms with van der Waals surface area (Å²) in [5.74, 6) is 0. The van der Waals surface area contributed by atoms with Crippen molar-refractivity contribution in [2.45, 2.75) is 37.2 Å². The molecular weight excluding hydrogens is 336 g/mol. The van der Waals surface area contributed by atoms with E-state index in [1.165, 1.54) is 11.3 Å². The lowest BCUT2D eigenvalue weighted by Gasteiger charge is -2.19. The summed E-state index contributed by atoms with van der Waals surface area (Å²) >= 11 is 4.85. The monoisotopic (exact) mass is 352 g/mol. The maximum absolute atomic E-state index is 12.6. The zero-order valence-corrected chi connectivity index (χ0v) is 13.7. The number of nitrogens with one attached hydrogen (secondary N) is 1. The molecule has 1 aliphatic carbocycles. The topological polar surface area (TPSA) is 49.4 Å². The molecule has 0 spiro atoms. The first-order valence-electron chi connectivity index (χ1n) is 5.95. The van der Waals surface area contributed by atoms with E-state index < -0.39 is 10.0 Å². The molecule has 0 saturated heterocycles. The molecule has 1 saturated carbocycles. The van der Waals surface area contributed by atoms with Crippen molar-refractivity contribution in [3.8, 4) is 0 Å². The third-order valence-corrected chi connectivity index (χ3v) is 7.19. The fourth-order valence-electron chi connectivity index (χ4n) is 1.95. The third-order valence-electron chi connectivity index (χ3n) is 2.91. The molecule has 1 heterocycles. The summed E-state index contributed by atoms with van der Waals surface area (Å²) in [5.41, 5.74) is 0. The van der Waals surface area contributed by atoms with Crippen LogP contribution in [-0.4, -0.2) is 32.4 Å². The van der Waals surface area contributed by atoms with Gasteiger partial charge in [0.2, 0.25) is 10.0 Å². The summed E-state index contributed by atoms with van der Waals surface area (Å²) in [5, 5.41) is 3.04. The molecule has 1 aromatic heterocycles. The first kappa shape index (κ1) is 14.5. The van der Waals surface area contributed by atoms with Crippen molar-refractivity contribution in [2.75, 3.05) is 13.6 Å². The quantitative estimate of drug-likeness (QED) is 0.855. The second-order valence-electron chi connectivity index (χ2n) is 4.32. The van der Waals surface area contributed by atoms with Crippen LogP contribution in [0, 0.1) is 0 Å². The van der Waals surface area contributed by atoms with E-state index >= 15 is 0 Å².